The third-order valence-corrected chi connectivity index (χ3v) is 12.6. The fourth-order valence-electron chi connectivity index (χ4n) is 8.91. The number of carboxylic acid groups (broad SMARTS) is 3. The van der Waals surface area contributed by atoms with Gasteiger partial charge in [-0.15, -0.1) is 0 Å². The molecular weight excluding hydrogens is 693 g/mol. The number of rotatable bonds is 42. The quantitative estimate of drug-likeness (QED) is 0.0353. The average molecular weight is 781 g/mol. The maximum atomic E-state index is 13.6. The van der Waals surface area contributed by atoms with E-state index in [2.05, 4.69) is 20.8 Å². The molecule has 0 spiro atoms. The number of hydrogen-bond acceptors (Lipinski definition) is 5. The number of aliphatic hydroxyl groups is 1. The Morgan fingerprint density at radius 3 is 0.782 bits per heavy atom. The summed E-state index contributed by atoms with van der Waals surface area (Å²) < 4.78 is 0. The predicted molar refractivity (Wildman–Crippen MR) is 227 cm³/mol. The summed E-state index contributed by atoms with van der Waals surface area (Å²) in [5.74, 6) is -6.20. The van der Waals surface area contributed by atoms with Gasteiger partial charge in [-0.05, 0) is 26.2 Å². The molecule has 2 unspecified atom stereocenters. The van der Waals surface area contributed by atoms with Crippen LogP contribution in [0.15, 0.2) is 0 Å². The van der Waals surface area contributed by atoms with E-state index in [-0.39, 0.29) is 19.3 Å². The first-order valence-electron chi connectivity index (χ1n) is 23.4. The molecule has 4 N–H and O–H groups in total. The summed E-state index contributed by atoms with van der Waals surface area (Å²) in [6, 6.07) is 0. The second-order valence-corrected chi connectivity index (χ2v) is 17.0. The molecule has 0 aromatic rings. The topological polar surface area (TPSA) is 149 Å². The molecule has 0 bridgehead atoms. The first kappa shape index (κ1) is 53.0. The van der Waals surface area contributed by atoms with Crippen molar-refractivity contribution in [3.05, 3.63) is 0 Å². The predicted octanol–water partition coefficient (Wildman–Crippen LogP) is 13.6. The second kappa shape index (κ2) is 33.1. The normalized spacial score (nSPS) is 14.1. The maximum absolute atomic E-state index is 13.6. The number of hydrogen-bond donors (Lipinski definition) is 4. The Hall–Kier alpha value is -1.96. The van der Waals surface area contributed by atoms with E-state index in [1.165, 1.54) is 96.3 Å². The van der Waals surface area contributed by atoms with Gasteiger partial charge in [-0.1, -0.05) is 233 Å². The molecule has 0 saturated carbocycles. The van der Waals surface area contributed by atoms with E-state index in [0.717, 1.165) is 84.0 Å². The lowest BCUT2D eigenvalue weighted by atomic mass is 9.52. The molecule has 0 aliphatic heterocycles. The summed E-state index contributed by atoms with van der Waals surface area (Å²) in [4.78, 5) is 53.8. The van der Waals surface area contributed by atoms with Crippen LogP contribution in [0.3, 0.4) is 0 Å². The second-order valence-electron chi connectivity index (χ2n) is 17.0. The maximum Gasteiger partial charge on any atom is 0.338 e. The number of carbonyl (C=O) groups is 4. The monoisotopic (exact) mass is 781 g/mol. The molecule has 55 heavy (non-hydrogen) atoms. The summed E-state index contributed by atoms with van der Waals surface area (Å²) >= 11 is 0. The molecule has 324 valence electrons. The minimum Gasteiger partial charge on any atom is -0.481 e. The number of carbonyl (C=O) groups excluding carboxylic acids is 1. The molecule has 0 aromatic heterocycles. The Labute approximate surface area is 337 Å². The summed E-state index contributed by atoms with van der Waals surface area (Å²) in [5.41, 5.74) is -8.44. The van der Waals surface area contributed by atoms with Gasteiger partial charge in [0, 0.05) is 0 Å². The van der Waals surface area contributed by atoms with Crippen molar-refractivity contribution < 1.29 is 39.6 Å². The van der Waals surface area contributed by atoms with Gasteiger partial charge in [0.25, 0.3) is 0 Å². The van der Waals surface area contributed by atoms with Gasteiger partial charge in [0.15, 0.2) is 11.2 Å². The molecule has 0 fully saturated rings. The van der Waals surface area contributed by atoms with E-state index in [9.17, 15) is 39.6 Å². The summed E-state index contributed by atoms with van der Waals surface area (Å²) in [6.07, 6.45) is 32.5. The van der Waals surface area contributed by atoms with Crippen molar-refractivity contribution in [2.45, 2.75) is 264 Å². The third-order valence-electron chi connectivity index (χ3n) is 12.6. The lowest BCUT2D eigenvalue weighted by Crippen LogP contribution is -2.71. The molecule has 0 aliphatic carbocycles. The molecule has 0 saturated heterocycles. The highest BCUT2D eigenvalue weighted by atomic mass is 16.4. The van der Waals surface area contributed by atoms with Crippen molar-refractivity contribution >= 4 is 23.7 Å². The van der Waals surface area contributed by atoms with Crippen LogP contribution in [0, 0.1) is 10.8 Å². The van der Waals surface area contributed by atoms with Crippen molar-refractivity contribution in [2.24, 2.45) is 10.8 Å². The van der Waals surface area contributed by atoms with Gasteiger partial charge in [-0.2, -0.15) is 0 Å². The zero-order valence-electron chi connectivity index (χ0n) is 36.4. The number of aliphatic carboxylic acids is 3. The van der Waals surface area contributed by atoms with Gasteiger partial charge in [0.1, 0.15) is 5.41 Å². The van der Waals surface area contributed by atoms with Gasteiger partial charge in [0.05, 0.1) is 0 Å². The van der Waals surface area contributed by atoms with Crippen LogP contribution in [0.1, 0.15) is 259 Å². The molecule has 8 heteroatoms. The Morgan fingerprint density at radius 1 is 0.345 bits per heavy atom. The first-order valence-corrected chi connectivity index (χ1v) is 23.4. The van der Waals surface area contributed by atoms with E-state index in [0.29, 0.717) is 32.1 Å². The van der Waals surface area contributed by atoms with Crippen LogP contribution in [0.4, 0.5) is 0 Å². The van der Waals surface area contributed by atoms with E-state index in [1.54, 1.807) is 0 Å². The molecule has 0 aliphatic rings. The molecule has 0 rings (SSSR count). The van der Waals surface area contributed by atoms with Gasteiger partial charge in [-0.25, -0.2) is 4.79 Å². The Kier molecular flexibility index (Phi) is 31.9. The van der Waals surface area contributed by atoms with Crippen molar-refractivity contribution in [3.8, 4) is 0 Å². The van der Waals surface area contributed by atoms with Crippen LogP contribution in [0.5, 0.6) is 0 Å². The highest BCUT2D eigenvalue weighted by Crippen LogP contribution is 2.54. The largest absolute Gasteiger partial charge is 0.481 e. The van der Waals surface area contributed by atoms with Crippen molar-refractivity contribution in [3.63, 3.8) is 0 Å². The fourth-order valence-corrected chi connectivity index (χ4v) is 8.91. The van der Waals surface area contributed by atoms with E-state index in [4.69, 9.17) is 0 Å². The molecule has 0 aromatic carbocycles. The Balaban J connectivity index is 5.97. The van der Waals surface area contributed by atoms with Crippen molar-refractivity contribution in [1.82, 2.24) is 0 Å². The smallest absolute Gasteiger partial charge is 0.338 e. The zero-order valence-corrected chi connectivity index (χ0v) is 36.4. The van der Waals surface area contributed by atoms with Crippen LogP contribution in [-0.2, 0) is 19.2 Å². The molecule has 0 radical (unpaired) electrons. The van der Waals surface area contributed by atoms with Crippen LogP contribution >= 0.6 is 0 Å². The molecule has 8 nitrogen and oxygen atoms in total. The van der Waals surface area contributed by atoms with Crippen LogP contribution in [-0.4, -0.2) is 49.7 Å². The highest BCUT2D eigenvalue weighted by molar-refractivity contribution is 6.10. The fraction of sp³-hybridized carbons (Fsp3) is 0.915. The standard InChI is InChI=1S/C47H88O8/c1-5-8-11-14-17-20-23-26-29-32-35-38-45(42(49)50,39-36-33-30-27-24-21-18-15-12-9-6-2)47(55,44(53)54)46(41(4)48,43(51)52)40-37-34-31-28-25-22-19-16-13-10-7-3/h55H,5-40H2,1-4H3,(H,49,50)(H,51,52)(H,53,54). The minimum absolute atomic E-state index is 0.194. The Bertz CT molecular complexity index is 953. The van der Waals surface area contributed by atoms with Crippen molar-refractivity contribution in [2.75, 3.05) is 0 Å². The van der Waals surface area contributed by atoms with Gasteiger partial charge in [0.2, 0.25) is 5.60 Å². The highest BCUT2D eigenvalue weighted by Gasteiger charge is 2.74. The zero-order chi connectivity index (χ0) is 41.3. The van der Waals surface area contributed by atoms with Crippen molar-refractivity contribution in [1.29, 1.82) is 0 Å². The van der Waals surface area contributed by atoms with E-state index < -0.39 is 46.5 Å². The number of unbranched alkanes of at least 4 members (excludes halogenated alkanes) is 30. The lowest BCUT2D eigenvalue weighted by Gasteiger charge is -2.50. The molecule has 2 atom stereocenters. The van der Waals surface area contributed by atoms with Gasteiger partial charge < -0.3 is 20.4 Å². The number of Topliss-reactive ketones (excluding diaryl/α,β-unsaturated/α-hetero) is 1. The SMILES string of the molecule is CCCCCCCCCCCCCC(CCCCCCCCCCCCC)(C(=O)O)C(O)(C(=O)O)C(CCCCCCCCCCCCC)(C(C)=O)C(=O)O. The summed E-state index contributed by atoms with van der Waals surface area (Å²) in [7, 11) is 0. The van der Waals surface area contributed by atoms with E-state index >= 15 is 0 Å². The number of ketones is 1. The van der Waals surface area contributed by atoms with Crippen LogP contribution < -0.4 is 0 Å². The number of carboxylic acids is 3. The van der Waals surface area contributed by atoms with Crippen LogP contribution in [0.25, 0.3) is 0 Å². The Morgan fingerprint density at radius 2 is 0.582 bits per heavy atom. The van der Waals surface area contributed by atoms with Gasteiger partial charge in [-0.3, -0.25) is 14.4 Å². The van der Waals surface area contributed by atoms with Gasteiger partial charge >= 0.3 is 17.9 Å². The third kappa shape index (κ3) is 19.4. The molecule has 0 heterocycles. The summed E-state index contributed by atoms with van der Waals surface area (Å²) in [5, 5.41) is 45.1. The van der Waals surface area contributed by atoms with Crippen LogP contribution in [0.2, 0.25) is 0 Å². The average Bonchev–Trinajstić information content (AvgIpc) is 3.14. The lowest BCUT2D eigenvalue weighted by molar-refractivity contribution is -0.223. The molecule has 0 amide bonds. The molecular formula is C47H88O8. The summed E-state index contributed by atoms with van der Waals surface area (Å²) in [6.45, 7) is 7.62. The van der Waals surface area contributed by atoms with E-state index in [1.807, 2.05) is 0 Å². The first-order chi connectivity index (χ1) is 26.5. The minimum atomic E-state index is -3.32.